The maximum Gasteiger partial charge on any atom is 0.128 e. The van der Waals surface area contributed by atoms with Crippen molar-refractivity contribution in [3.05, 3.63) is 18.2 Å². The third kappa shape index (κ3) is 1.34. The third-order valence-electron chi connectivity index (χ3n) is 1.66. The lowest BCUT2D eigenvalue weighted by molar-refractivity contribution is 0.914. The highest BCUT2D eigenvalue weighted by molar-refractivity contribution is 9.26. The van der Waals surface area contributed by atoms with E-state index in [-0.39, 0.29) is 0 Å². The predicted octanol–water partition coefficient (Wildman–Crippen LogP) is 3.24. The molecule has 4 bridgehead atoms. The van der Waals surface area contributed by atoms with Crippen molar-refractivity contribution in [1.82, 2.24) is 14.4 Å². The van der Waals surface area contributed by atoms with Crippen molar-refractivity contribution < 1.29 is 0 Å². The summed E-state index contributed by atoms with van der Waals surface area (Å²) in [6.07, 6.45) is 0. The van der Waals surface area contributed by atoms with Gasteiger partial charge in [-0.15, -0.1) is 5.10 Å². The predicted molar refractivity (Wildman–Crippen MR) is 61.6 cm³/mol. The normalized spacial score (nSPS) is 16.0. The van der Waals surface area contributed by atoms with E-state index >= 15 is 0 Å². The fourth-order valence-electron chi connectivity index (χ4n) is 1.11. The van der Waals surface area contributed by atoms with Gasteiger partial charge < -0.3 is 0 Å². The lowest BCUT2D eigenvalue weighted by Crippen LogP contribution is -1.85. The van der Waals surface area contributed by atoms with Gasteiger partial charge in [0, 0.05) is 14.7 Å². The van der Waals surface area contributed by atoms with Crippen LogP contribution in [0.25, 0.3) is 11.0 Å². The Morgan fingerprint density at radius 3 is 3.23 bits per heavy atom. The molecule has 3 nitrogen and oxygen atoms in total. The molecule has 13 heavy (non-hydrogen) atoms. The van der Waals surface area contributed by atoms with E-state index in [9.17, 15) is 0 Å². The van der Waals surface area contributed by atoms with Gasteiger partial charge in [-0.05, 0) is 32.8 Å². The summed E-state index contributed by atoms with van der Waals surface area (Å²) in [5.74, 6) is 0. The van der Waals surface area contributed by atoms with Crippen molar-refractivity contribution in [2.24, 2.45) is 0 Å². The zero-order valence-corrected chi connectivity index (χ0v) is 9.47. The summed E-state index contributed by atoms with van der Waals surface area (Å²) in [5.41, 5.74) is 2.11. The van der Waals surface area contributed by atoms with Gasteiger partial charge in [-0.25, -0.2) is 0 Å². The van der Waals surface area contributed by atoms with E-state index in [1.54, 1.807) is 41.4 Å². The van der Waals surface area contributed by atoms with Crippen molar-refractivity contribution >= 4 is 52.5 Å². The molecule has 2 heterocycles. The van der Waals surface area contributed by atoms with Gasteiger partial charge in [-0.3, -0.25) is 0 Å². The van der Waals surface area contributed by atoms with Crippen LogP contribution in [-0.2, 0) is 0 Å². The minimum absolute atomic E-state index is 1.01. The Morgan fingerprint density at radius 2 is 2.23 bits per heavy atom. The second kappa shape index (κ2) is 3.30. The van der Waals surface area contributed by atoms with Crippen LogP contribution in [0, 0.1) is 0 Å². The molecule has 0 unspecified atom stereocenters. The maximum absolute atomic E-state index is 4.14. The SMILES string of the molecule is c1cc2c3nnn(c3c1)SSSS2. The minimum atomic E-state index is 1.01. The Balaban J connectivity index is 2.40. The summed E-state index contributed by atoms with van der Waals surface area (Å²) in [6, 6.07) is 6.17. The number of hydrogen-bond donors (Lipinski definition) is 0. The van der Waals surface area contributed by atoms with E-state index in [0.29, 0.717) is 0 Å². The lowest BCUT2D eigenvalue weighted by atomic mass is 10.3. The molecule has 0 radical (unpaired) electrons. The molecule has 0 spiro atoms. The molecule has 0 N–H and O–H groups in total. The fourth-order valence-corrected chi connectivity index (χ4v) is 6.31. The second-order valence-corrected chi connectivity index (χ2v) is 7.97. The van der Waals surface area contributed by atoms with Gasteiger partial charge in [0.1, 0.15) is 11.0 Å². The zero-order chi connectivity index (χ0) is 8.67. The van der Waals surface area contributed by atoms with Crippen molar-refractivity contribution in [2.75, 3.05) is 0 Å². The molecule has 0 saturated heterocycles. The lowest BCUT2D eigenvalue weighted by Gasteiger charge is -2.04. The van der Waals surface area contributed by atoms with Gasteiger partial charge in [0.15, 0.2) is 0 Å². The summed E-state index contributed by atoms with van der Waals surface area (Å²) in [4.78, 5) is 1.20. The third-order valence-corrected chi connectivity index (χ3v) is 7.44. The van der Waals surface area contributed by atoms with Gasteiger partial charge in [-0.1, -0.05) is 11.3 Å². The van der Waals surface area contributed by atoms with Crippen LogP contribution in [0.3, 0.4) is 0 Å². The molecule has 3 rings (SSSR count). The zero-order valence-electron chi connectivity index (χ0n) is 6.21. The maximum atomic E-state index is 4.14. The summed E-state index contributed by atoms with van der Waals surface area (Å²) in [6.45, 7) is 0. The smallest absolute Gasteiger partial charge is 0.128 e. The van der Waals surface area contributed by atoms with Crippen LogP contribution >= 0.6 is 41.4 Å². The molecule has 0 fully saturated rings. The van der Waals surface area contributed by atoms with Crippen LogP contribution in [0.2, 0.25) is 0 Å². The van der Waals surface area contributed by atoms with Crippen LogP contribution in [-0.4, -0.2) is 14.4 Å². The Kier molecular flexibility index (Phi) is 2.12. The number of nitrogens with zero attached hydrogens (tertiary/aromatic N) is 3. The first-order valence-corrected chi connectivity index (χ1v) is 8.25. The molecule has 0 saturated carbocycles. The first-order valence-electron chi connectivity index (χ1n) is 3.48. The topological polar surface area (TPSA) is 30.7 Å². The molecular formula is C6H3N3S4. The average Bonchev–Trinajstić information content (AvgIpc) is 2.60. The van der Waals surface area contributed by atoms with Gasteiger partial charge in [0.2, 0.25) is 0 Å². The van der Waals surface area contributed by atoms with Crippen LogP contribution in [0.15, 0.2) is 23.1 Å². The van der Waals surface area contributed by atoms with E-state index in [2.05, 4.69) is 16.4 Å². The number of rotatable bonds is 0. The van der Waals surface area contributed by atoms with Crippen LogP contribution < -0.4 is 0 Å². The molecule has 7 heteroatoms. The van der Waals surface area contributed by atoms with Gasteiger partial charge in [-0.2, -0.15) is 4.09 Å². The minimum Gasteiger partial charge on any atom is -0.174 e. The summed E-state index contributed by atoms with van der Waals surface area (Å²) < 4.78 is 1.86. The van der Waals surface area contributed by atoms with Crippen molar-refractivity contribution in [3.63, 3.8) is 0 Å². The Labute approximate surface area is 89.7 Å². The first kappa shape index (κ1) is 8.34. The van der Waals surface area contributed by atoms with Crippen molar-refractivity contribution in [2.45, 2.75) is 4.90 Å². The van der Waals surface area contributed by atoms with Crippen molar-refractivity contribution in [1.29, 1.82) is 0 Å². The summed E-state index contributed by atoms with van der Waals surface area (Å²) in [5, 5.41) is 8.21. The van der Waals surface area contributed by atoms with Crippen LogP contribution in [0.5, 0.6) is 0 Å². The standard InChI is InChI=1S/C6H3N3S4/c1-2-4-6-5(3-1)10-12-13-11-9(4)8-7-6/h1-3H. The fraction of sp³-hybridized carbons (Fsp3) is 0. The molecule has 2 aromatic rings. The molecule has 1 aromatic carbocycles. The summed E-state index contributed by atoms with van der Waals surface area (Å²) in [7, 11) is 6.79. The molecule has 66 valence electrons. The Morgan fingerprint density at radius 1 is 1.23 bits per heavy atom. The number of benzene rings is 1. The number of aromatic nitrogens is 3. The van der Waals surface area contributed by atoms with Crippen LogP contribution in [0.1, 0.15) is 0 Å². The quantitative estimate of drug-likeness (QED) is 0.662. The molecule has 1 aliphatic rings. The highest BCUT2D eigenvalue weighted by Crippen LogP contribution is 2.50. The molecule has 1 aliphatic heterocycles. The Bertz CT molecular complexity index is 454. The Hall–Kier alpha value is 0.0200. The van der Waals surface area contributed by atoms with Gasteiger partial charge >= 0.3 is 0 Å². The molecule has 0 aliphatic carbocycles. The molecular weight excluding hydrogens is 242 g/mol. The van der Waals surface area contributed by atoms with E-state index in [1.165, 1.54) is 4.90 Å². The highest BCUT2D eigenvalue weighted by Gasteiger charge is 2.13. The largest absolute Gasteiger partial charge is 0.174 e. The highest BCUT2D eigenvalue weighted by atomic mass is 33.7. The van der Waals surface area contributed by atoms with Gasteiger partial charge in [0.05, 0.1) is 11.0 Å². The monoisotopic (exact) mass is 245 g/mol. The summed E-state index contributed by atoms with van der Waals surface area (Å²) >= 11 is 0. The van der Waals surface area contributed by atoms with Crippen LogP contribution in [0.4, 0.5) is 0 Å². The first-order chi connectivity index (χ1) is 6.45. The van der Waals surface area contributed by atoms with E-state index in [4.69, 9.17) is 0 Å². The van der Waals surface area contributed by atoms with E-state index in [0.717, 1.165) is 11.0 Å². The van der Waals surface area contributed by atoms with E-state index < -0.39 is 0 Å². The molecule has 0 atom stereocenters. The molecule has 0 amide bonds. The van der Waals surface area contributed by atoms with Crippen molar-refractivity contribution in [3.8, 4) is 0 Å². The number of hydrogen-bond acceptors (Lipinski definition) is 6. The average molecular weight is 245 g/mol. The molecule has 1 aromatic heterocycles. The second-order valence-electron chi connectivity index (χ2n) is 2.38. The van der Waals surface area contributed by atoms with E-state index in [1.807, 2.05) is 16.2 Å². The van der Waals surface area contributed by atoms with Gasteiger partial charge in [0.25, 0.3) is 0 Å².